The standard InChI is InChI=1S/C27H31N/c1-4-5-6-10-15-28(3)24-14-13-22-17-23-18-25(21-11-8-7-9-12-21)20(2)16-26(23)27(22)19-24/h7-9,11-14,16,18-19H,4-6,10,15,17H2,1-3H3. The third-order valence-electron chi connectivity index (χ3n) is 6.09. The summed E-state index contributed by atoms with van der Waals surface area (Å²) in [6.07, 6.45) is 6.29. The van der Waals surface area contributed by atoms with Crippen molar-refractivity contribution in [3.05, 3.63) is 77.4 Å². The Morgan fingerprint density at radius 1 is 0.786 bits per heavy atom. The molecule has 1 aliphatic carbocycles. The van der Waals surface area contributed by atoms with Crippen LogP contribution in [-0.2, 0) is 6.42 Å². The van der Waals surface area contributed by atoms with Crippen LogP contribution >= 0.6 is 0 Å². The number of benzene rings is 3. The van der Waals surface area contributed by atoms with Gasteiger partial charge in [0, 0.05) is 19.3 Å². The van der Waals surface area contributed by atoms with Gasteiger partial charge in [-0.1, -0.05) is 68.7 Å². The first-order valence-corrected chi connectivity index (χ1v) is 10.7. The van der Waals surface area contributed by atoms with E-state index in [2.05, 4.69) is 86.5 Å². The van der Waals surface area contributed by atoms with Crippen molar-refractivity contribution in [2.75, 3.05) is 18.5 Å². The number of anilines is 1. The highest BCUT2D eigenvalue weighted by Gasteiger charge is 2.21. The molecule has 3 aromatic carbocycles. The van der Waals surface area contributed by atoms with Crippen LogP contribution in [0, 0.1) is 6.92 Å². The number of rotatable bonds is 7. The Morgan fingerprint density at radius 3 is 2.36 bits per heavy atom. The third kappa shape index (κ3) is 3.71. The first kappa shape index (κ1) is 18.8. The van der Waals surface area contributed by atoms with Gasteiger partial charge in [0.2, 0.25) is 0 Å². The Labute approximate surface area is 170 Å². The fraction of sp³-hybridized carbons (Fsp3) is 0.333. The maximum absolute atomic E-state index is 2.42. The monoisotopic (exact) mass is 369 g/mol. The van der Waals surface area contributed by atoms with E-state index in [0.717, 1.165) is 13.0 Å². The lowest BCUT2D eigenvalue weighted by molar-refractivity contribution is 0.661. The van der Waals surface area contributed by atoms with Crippen molar-refractivity contribution >= 4 is 5.69 Å². The van der Waals surface area contributed by atoms with Gasteiger partial charge in [-0.15, -0.1) is 0 Å². The van der Waals surface area contributed by atoms with Gasteiger partial charge in [-0.05, 0) is 76.9 Å². The molecule has 0 spiro atoms. The summed E-state index contributed by atoms with van der Waals surface area (Å²) in [6.45, 7) is 5.65. The van der Waals surface area contributed by atoms with Gasteiger partial charge in [0.05, 0.1) is 0 Å². The number of hydrogen-bond donors (Lipinski definition) is 0. The molecule has 1 nitrogen and oxygen atoms in total. The van der Waals surface area contributed by atoms with E-state index in [1.807, 2.05) is 0 Å². The minimum absolute atomic E-state index is 1.05. The van der Waals surface area contributed by atoms with Gasteiger partial charge in [0.1, 0.15) is 0 Å². The summed E-state index contributed by atoms with van der Waals surface area (Å²) >= 11 is 0. The van der Waals surface area contributed by atoms with Crippen LogP contribution in [0.3, 0.4) is 0 Å². The minimum Gasteiger partial charge on any atom is -0.375 e. The van der Waals surface area contributed by atoms with Crippen molar-refractivity contribution in [2.45, 2.75) is 46.0 Å². The van der Waals surface area contributed by atoms with Crippen LogP contribution in [0.4, 0.5) is 5.69 Å². The average molecular weight is 370 g/mol. The summed E-state index contributed by atoms with van der Waals surface area (Å²) in [5.74, 6) is 0. The van der Waals surface area contributed by atoms with Gasteiger partial charge in [-0.2, -0.15) is 0 Å². The molecule has 0 saturated heterocycles. The van der Waals surface area contributed by atoms with Crippen molar-refractivity contribution in [1.82, 2.24) is 0 Å². The Hall–Kier alpha value is -2.54. The van der Waals surface area contributed by atoms with Gasteiger partial charge < -0.3 is 4.90 Å². The Kier molecular flexibility index (Phi) is 5.52. The van der Waals surface area contributed by atoms with Gasteiger partial charge in [0.25, 0.3) is 0 Å². The summed E-state index contributed by atoms with van der Waals surface area (Å²) < 4.78 is 0. The maximum atomic E-state index is 2.42. The highest BCUT2D eigenvalue weighted by Crippen LogP contribution is 2.41. The van der Waals surface area contributed by atoms with Crippen molar-refractivity contribution < 1.29 is 0 Å². The summed E-state index contributed by atoms with van der Waals surface area (Å²) in [5.41, 5.74) is 11.1. The largest absolute Gasteiger partial charge is 0.375 e. The van der Waals surface area contributed by atoms with Crippen LogP contribution in [0.2, 0.25) is 0 Å². The average Bonchev–Trinajstić information content (AvgIpc) is 3.08. The summed E-state index contributed by atoms with van der Waals surface area (Å²) in [4.78, 5) is 2.42. The van der Waals surface area contributed by atoms with E-state index in [-0.39, 0.29) is 0 Å². The molecule has 0 radical (unpaired) electrons. The quantitative estimate of drug-likeness (QED) is 0.310. The number of unbranched alkanes of at least 4 members (excludes halogenated alkanes) is 3. The molecule has 4 rings (SSSR count). The Balaban J connectivity index is 1.61. The lowest BCUT2D eigenvalue weighted by Crippen LogP contribution is -2.18. The Morgan fingerprint density at radius 2 is 1.57 bits per heavy atom. The van der Waals surface area contributed by atoms with Crippen molar-refractivity contribution in [3.8, 4) is 22.3 Å². The van der Waals surface area contributed by atoms with Crippen LogP contribution in [0.15, 0.2) is 60.7 Å². The predicted molar refractivity (Wildman–Crippen MR) is 122 cm³/mol. The number of hydrogen-bond acceptors (Lipinski definition) is 1. The lowest BCUT2D eigenvalue weighted by Gasteiger charge is -2.20. The van der Waals surface area contributed by atoms with Crippen molar-refractivity contribution in [2.24, 2.45) is 0 Å². The number of nitrogens with zero attached hydrogens (tertiary/aromatic N) is 1. The fourth-order valence-corrected chi connectivity index (χ4v) is 4.40. The fourth-order valence-electron chi connectivity index (χ4n) is 4.40. The molecule has 1 heteroatoms. The number of fused-ring (bicyclic) bond motifs is 3. The maximum Gasteiger partial charge on any atom is 0.0370 e. The first-order valence-electron chi connectivity index (χ1n) is 10.7. The van der Waals surface area contributed by atoms with Crippen LogP contribution in [0.1, 0.15) is 49.3 Å². The topological polar surface area (TPSA) is 3.24 Å². The van der Waals surface area contributed by atoms with E-state index < -0.39 is 0 Å². The van der Waals surface area contributed by atoms with Crippen LogP contribution < -0.4 is 4.90 Å². The van der Waals surface area contributed by atoms with E-state index in [1.54, 1.807) is 0 Å². The molecule has 0 atom stereocenters. The molecule has 0 aromatic heterocycles. The molecule has 3 aromatic rings. The smallest absolute Gasteiger partial charge is 0.0370 e. The molecule has 28 heavy (non-hydrogen) atoms. The summed E-state index contributed by atoms with van der Waals surface area (Å²) in [6, 6.07) is 22.6. The normalized spacial score (nSPS) is 12.0. The molecule has 0 N–H and O–H groups in total. The summed E-state index contributed by atoms with van der Waals surface area (Å²) in [5, 5.41) is 0. The summed E-state index contributed by atoms with van der Waals surface area (Å²) in [7, 11) is 2.23. The van der Waals surface area contributed by atoms with Crippen molar-refractivity contribution in [1.29, 1.82) is 0 Å². The zero-order valence-corrected chi connectivity index (χ0v) is 17.5. The minimum atomic E-state index is 1.05. The molecule has 0 unspecified atom stereocenters. The second kappa shape index (κ2) is 8.22. The van der Waals surface area contributed by atoms with Crippen LogP contribution in [0.5, 0.6) is 0 Å². The zero-order valence-electron chi connectivity index (χ0n) is 17.5. The third-order valence-corrected chi connectivity index (χ3v) is 6.09. The molecule has 0 fully saturated rings. The molecule has 144 valence electrons. The highest BCUT2D eigenvalue weighted by atomic mass is 15.1. The van der Waals surface area contributed by atoms with Gasteiger partial charge >= 0.3 is 0 Å². The van der Waals surface area contributed by atoms with Crippen molar-refractivity contribution in [3.63, 3.8) is 0 Å². The molecule has 0 heterocycles. The molecule has 0 saturated carbocycles. The predicted octanol–water partition coefficient (Wildman–Crippen LogP) is 7.25. The molecular weight excluding hydrogens is 338 g/mol. The van der Waals surface area contributed by atoms with Crippen LogP contribution in [0.25, 0.3) is 22.3 Å². The molecule has 0 bridgehead atoms. The lowest BCUT2D eigenvalue weighted by atomic mass is 9.94. The van der Waals surface area contributed by atoms with E-state index in [4.69, 9.17) is 0 Å². The molecule has 0 amide bonds. The van der Waals surface area contributed by atoms with Gasteiger partial charge in [-0.3, -0.25) is 0 Å². The Bertz CT molecular complexity index is 955. The second-order valence-electron chi connectivity index (χ2n) is 8.19. The molecule has 0 aliphatic heterocycles. The van der Waals surface area contributed by atoms with Gasteiger partial charge in [-0.25, -0.2) is 0 Å². The van der Waals surface area contributed by atoms with E-state index in [0.29, 0.717) is 0 Å². The molecular formula is C27H31N. The zero-order chi connectivity index (χ0) is 19.5. The van der Waals surface area contributed by atoms with E-state index in [1.165, 1.54) is 70.3 Å². The SMILES string of the molecule is CCCCCCN(C)c1ccc2c(c1)-c1cc(C)c(-c3ccccc3)cc1C2. The number of aryl methyl sites for hydroxylation is 1. The van der Waals surface area contributed by atoms with Gasteiger partial charge in [0.15, 0.2) is 0 Å². The van der Waals surface area contributed by atoms with E-state index in [9.17, 15) is 0 Å². The van der Waals surface area contributed by atoms with E-state index >= 15 is 0 Å². The first-order chi connectivity index (χ1) is 13.7. The second-order valence-corrected chi connectivity index (χ2v) is 8.19. The molecule has 1 aliphatic rings. The van der Waals surface area contributed by atoms with Crippen LogP contribution in [-0.4, -0.2) is 13.6 Å². The highest BCUT2D eigenvalue weighted by molar-refractivity contribution is 5.83.